The van der Waals surface area contributed by atoms with Gasteiger partial charge < -0.3 is 28.4 Å². The Morgan fingerprint density at radius 3 is 0.875 bits per heavy atom. The highest BCUT2D eigenvalue weighted by molar-refractivity contribution is 6.31. The van der Waals surface area contributed by atoms with Crippen LogP contribution in [0, 0.1) is 11.6 Å². The van der Waals surface area contributed by atoms with Crippen molar-refractivity contribution in [3.8, 4) is 77.9 Å². The average molecular weight is 1740 g/mol. The molecule has 0 aliphatic carbocycles. The number of para-hydroxylation sites is 6. The second-order valence-electron chi connectivity index (χ2n) is 35.1. The highest BCUT2D eigenvalue weighted by Gasteiger charge is 2.31. The van der Waals surface area contributed by atoms with Gasteiger partial charge in [0.1, 0.15) is 34.0 Å². The van der Waals surface area contributed by atoms with Crippen LogP contribution in [0.1, 0.15) is 0 Å². The number of fused-ring (bicyclic) bond motifs is 6. The monoisotopic (exact) mass is 1740 g/mol. The summed E-state index contributed by atoms with van der Waals surface area (Å²) in [5.41, 5.74) is 26.7. The summed E-state index contributed by atoms with van der Waals surface area (Å²) in [5, 5.41) is 16.7. The first-order valence-corrected chi connectivity index (χ1v) is 46.1. The smallest absolute Gasteiger partial charge is 0.147 e. The highest BCUT2D eigenvalue weighted by atomic mass is 19.1. The van der Waals surface area contributed by atoms with Gasteiger partial charge >= 0.3 is 0 Å². The molecule has 0 aliphatic heterocycles. The van der Waals surface area contributed by atoms with Crippen LogP contribution in [0.4, 0.5) is 77.0 Å². The van der Waals surface area contributed by atoms with Crippen LogP contribution in [0.2, 0.25) is 0 Å². The van der Waals surface area contributed by atoms with Gasteiger partial charge in [-0.05, 0) is 202 Å². The van der Waals surface area contributed by atoms with Crippen molar-refractivity contribution in [1.82, 2.24) is 0 Å². The summed E-state index contributed by atoms with van der Waals surface area (Å²) in [5.74, 6) is -0.757. The quantitative estimate of drug-likeness (QED) is 0.0752. The van der Waals surface area contributed by atoms with Gasteiger partial charge in [-0.3, -0.25) is 0 Å². The number of hydrogen-bond donors (Lipinski definition) is 0. The molecule has 26 aromatic rings. The van der Waals surface area contributed by atoms with Crippen molar-refractivity contribution in [2.45, 2.75) is 0 Å². The first kappa shape index (κ1) is 79.0. The van der Waals surface area contributed by atoms with E-state index in [2.05, 4.69) is 384 Å². The average Bonchev–Trinajstić information content (AvgIpc) is 0.845. The third-order valence-electron chi connectivity index (χ3n) is 27.5. The minimum absolute atomic E-state index is 0.365. The van der Waals surface area contributed by atoms with Crippen LogP contribution < -0.4 is 19.6 Å². The standard InChI is InChI=1S/C128H80F2N4O2/c129-109-70-56-90(81-28-6-1-7-29-81)77-119(109)133(113-49-23-18-42-98(113)85-36-14-5-15-37-85)117-74-60-88-55-67-108-118(75-61-89-54-66-107(117)126(88)127(89)108)134(120-78-91(57-71-110(120)130)82-30-8-2-9-31-82)114-50-24-19-43-99(114)92-38-26-39-93(76-92)100-45-27-46-104-103-69-63-95(80-123(103)136-128(100)104)132(112-48-22-17-41-97(112)84-34-12-4-13-35-84)116-73-59-87-52-64-105-115(72-58-86-53-65-106(116)125(87)124(86)105)131(111-47-21-16-40-96(111)83-32-10-3-11-33-83)94-62-68-102-101-44-20-25-51-121(101)135-122(102)79-94/h1-80H. The van der Waals surface area contributed by atoms with Gasteiger partial charge in [-0.25, -0.2) is 8.78 Å². The van der Waals surface area contributed by atoms with E-state index in [4.69, 9.17) is 8.83 Å². The number of anilines is 12. The van der Waals surface area contributed by atoms with E-state index < -0.39 is 5.82 Å². The molecule has 8 heteroatoms. The van der Waals surface area contributed by atoms with Gasteiger partial charge in [0.2, 0.25) is 0 Å². The number of furan rings is 2. The maximum atomic E-state index is 18.2. The lowest BCUT2D eigenvalue weighted by atomic mass is 9.91. The van der Waals surface area contributed by atoms with Gasteiger partial charge in [0, 0.05) is 94.4 Å². The Hall–Kier alpha value is -18.0. The summed E-state index contributed by atoms with van der Waals surface area (Å²) < 4.78 is 49.8. The minimum atomic E-state index is -0.392. The van der Waals surface area contributed by atoms with Gasteiger partial charge in [0.25, 0.3) is 0 Å². The van der Waals surface area contributed by atoms with Crippen LogP contribution in [0.5, 0.6) is 0 Å². The fraction of sp³-hybridized carbons (Fsp3) is 0. The van der Waals surface area contributed by atoms with Crippen molar-refractivity contribution in [3.63, 3.8) is 0 Å². The van der Waals surface area contributed by atoms with E-state index in [9.17, 15) is 0 Å². The van der Waals surface area contributed by atoms with E-state index in [0.717, 1.165) is 243 Å². The molecule has 6 nitrogen and oxygen atoms in total. The molecule has 638 valence electrons. The SMILES string of the molecule is Fc1ccc(-c2ccccc2)cc1N(c1ccccc1-c1ccccc1)c1ccc2ccc3c(N(c4cc(-c5ccccc5)ccc4F)c4ccccc4-c4cccc(-c5cccc6c5oc5cc(N(c7ccccc7-c7ccccc7)c7ccc8ccc9c(N(c%10ccc%11c(c%10)oc%10ccccc%10%11)c%10ccccc%10-c%10ccccc%10)ccc%10ccc7c8c%109)ccc56)c4)ccc4ccc1c2c43. The van der Waals surface area contributed by atoms with Crippen molar-refractivity contribution in [2.75, 3.05) is 19.6 Å². The van der Waals surface area contributed by atoms with E-state index >= 15 is 8.78 Å². The third-order valence-corrected chi connectivity index (χ3v) is 27.5. The van der Waals surface area contributed by atoms with Crippen molar-refractivity contribution >= 4 is 177 Å². The molecule has 2 heterocycles. The van der Waals surface area contributed by atoms with Crippen LogP contribution in [-0.4, -0.2) is 0 Å². The normalized spacial score (nSPS) is 11.8. The Kier molecular flexibility index (Phi) is 18.9. The van der Waals surface area contributed by atoms with E-state index in [1.54, 1.807) is 12.1 Å². The summed E-state index contributed by atoms with van der Waals surface area (Å²) in [6, 6.07) is 169. The second kappa shape index (κ2) is 32.5. The van der Waals surface area contributed by atoms with Crippen LogP contribution in [-0.2, 0) is 0 Å². The molecule has 0 fully saturated rings. The van der Waals surface area contributed by atoms with Gasteiger partial charge in [-0.15, -0.1) is 0 Å². The first-order valence-electron chi connectivity index (χ1n) is 46.1. The summed E-state index contributed by atoms with van der Waals surface area (Å²) in [6.45, 7) is 0. The van der Waals surface area contributed by atoms with E-state index in [1.807, 2.05) is 109 Å². The molecule has 0 N–H and O–H groups in total. The van der Waals surface area contributed by atoms with Crippen LogP contribution in [0.15, 0.2) is 494 Å². The molecule has 2 aromatic heterocycles. The molecular weight excluding hydrogens is 1660 g/mol. The van der Waals surface area contributed by atoms with Gasteiger partial charge in [0.15, 0.2) is 0 Å². The van der Waals surface area contributed by atoms with Gasteiger partial charge in [-0.1, -0.05) is 364 Å². The summed E-state index contributed by atoms with van der Waals surface area (Å²) in [7, 11) is 0. The Bertz CT molecular complexity index is 9180. The number of hydrogen-bond acceptors (Lipinski definition) is 6. The maximum Gasteiger partial charge on any atom is 0.147 e. The highest BCUT2D eigenvalue weighted by Crippen LogP contribution is 2.56. The molecule has 0 radical (unpaired) electrons. The molecule has 0 amide bonds. The zero-order valence-corrected chi connectivity index (χ0v) is 73.5. The Labute approximate surface area is 783 Å². The number of halogens is 2. The Balaban J connectivity index is 0.616. The lowest BCUT2D eigenvalue weighted by Gasteiger charge is -2.31. The van der Waals surface area contributed by atoms with Crippen LogP contribution >= 0.6 is 0 Å². The third kappa shape index (κ3) is 13.2. The summed E-state index contributed by atoms with van der Waals surface area (Å²) >= 11 is 0. The van der Waals surface area contributed by atoms with Crippen molar-refractivity contribution < 1.29 is 17.6 Å². The predicted octanol–water partition coefficient (Wildman–Crippen LogP) is 37.1. The second-order valence-corrected chi connectivity index (χ2v) is 35.1. The first-order chi connectivity index (χ1) is 67.3. The zero-order chi connectivity index (χ0) is 90.0. The number of benzene rings is 24. The largest absolute Gasteiger partial charge is 0.456 e. The van der Waals surface area contributed by atoms with E-state index in [-0.39, 0.29) is 5.82 Å². The Morgan fingerprint density at radius 2 is 0.449 bits per heavy atom. The van der Waals surface area contributed by atoms with E-state index in [0.29, 0.717) is 11.4 Å². The molecule has 0 saturated carbocycles. The van der Waals surface area contributed by atoms with Crippen molar-refractivity contribution in [1.29, 1.82) is 0 Å². The predicted molar refractivity (Wildman–Crippen MR) is 565 cm³/mol. The molecule has 0 unspecified atom stereocenters. The molecule has 0 aliphatic rings. The molecular formula is C128H80F2N4O2. The molecule has 26 rings (SSSR count). The fourth-order valence-corrected chi connectivity index (χ4v) is 21.3. The fourth-order valence-electron chi connectivity index (χ4n) is 21.3. The summed E-state index contributed by atoms with van der Waals surface area (Å²) in [6.07, 6.45) is 0. The van der Waals surface area contributed by atoms with Gasteiger partial charge in [-0.2, -0.15) is 0 Å². The molecule has 0 atom stereocenters. The zero-order valence-electron chi connectivity index (χ0n) is 73.5. The minimum Gasteiger partial charge on any atom is -0.456 e. The summed E-state index contributed by atoms with van der Waals surface area (Å²) in [4.78, 5) is 9.07. The molecule has 136 heavy (non-hydrogen) atoms. The molecule has 0 bridgehead atoms. The lowest BCUT2D eigenvalue weighted by Crippen LogP contribution is -2.14. The topological polar surface area (TPSA) is 39.2 Å². The van der Waals surface area contributed by atoms with Crippen LogP contribution in [0.25, 0.3) is 186 Å². The Morgan fingerprint density at radius 1 is 0.154 bits per heavy atom. The lowest BCUT2D eigenvalue weighted by molar-refractivity contribution is 0.628. The molecule has 0 spiro atoms. The van der Waals surface area contributed by atoms with Crippen LogP contribution in [0.3, 0.4) is 0 Å². The molecule has 0 saturated heterocycles. The number of nitrogens with zero attached hydrogens (tertiary/aromatic N) is 4. The van der Waals surface area contributed by atoms with Gasteiger partial charge in [0.05, 0.1) is 56.9 Å². The van der Waals surface area contributed by atoms with E-state index in [1.165, 1.54) is 0 Å². The van der Waals surface area contributed by atoms with Crippen molar-refractivity contribution in [2.24, 2.45) is 0 Å². The molecule has 24 aromatic carbocycles. The maximum absolute atomic E-state index is 18.2. The number of rotatable bonds is 19. The van der Waals surface area contributed by atoms with Crippen molar-refractivity contribution in [3.05, 3.63) is 497 Å².